The highest BCUT2D eigenvalue weighted by Crippen LogP contribution is 2.28. The molecule has 0 radical (unpaired) electrons. The number of anilines is 1. The molecule has 118 valence electrons. The van der Waals surface area contributed by atoms with Crippen molar-refractivity contribution in [3.63, 3.8) is 0 Å². The van der Waals surface area contributed by atoms with E-state index in [1.807, 2.05) is 6.92 Å². The maximum atomic E-state index is 11.0. The van der Waals surface area contributed by atoms with Crippen LogP contribution in [0.1, 0.15) is 33.1 Å². The molecule has 0 atom stereocenters. The fourth-order valence-corrected chi connectivity index (χ4v) is 1.68. The number of hydrazone groups is 1. The van der Waals surface area contributed by atoms with Gasteiger partial charge < -0.3 is 0 Å². The van der Waals surface area contributed by atoms with Gasteiger partial charge in [-0.2, -0.15) is 5.10 Å². The summed E-state index contributed by atoms with van der Waals surface area (Å²) in [5.74, 6) is 0. The first-order valence-corrected chi connectivity index (χ1v) is 6.90. The lowest BCUT2D eigenvalue weighted by Crippen LogP contribution is -1.99. The molecule has 0 heterocycles. The summed E-state index contributed by atoms with van der Waals surface area (Å²) in [6.07, 6.45) is 6.41. The molecule has 0 amide bonds. The van der Waals surface area contributed by atoms with Crippen LogP contribution in [0.15, 0.2) is 34.9 Å². The number of rotatable bonds is 8. The molecule has 0 fully saturated rings. The third-order valence-electron chi connectivity index (χ3n) is 2.91. The Labute approximate surface area is 127 Å². The number of allylic oxidation sites excluding steroid dienone is 2. The van der Waals surface area contributed by atoms with Crippen LogP contribution in [0.4, 0.5) is 17.1 Å². The molecule has 0 saturated heterocycles. The Morgan fingerprint density at radius 1 is 1.27 bits per heavy atom. The van der Waals surface area contributed by atoms with E-state index in [0.717, 1.165) is 30.9 Å². The van der Waals surface area contributed by atoms with Gasteiger partial charge in [-0.15, -0.1) is 0 Å². The molecule has 0 unspecified atom stereocenters. The number of non-ortho nitro benzene ring substituents is 1. The van der Waals surface area contributed by atoms with E-state index in [0.29, 0.717) is 0 Å². The van der Waals surface area contributed by atoms with Crippen LogP contribution in [0, 0.1) is 20.2 Å². The van der Waals surface area contributed by atoms with Crippen molar-refractivity contribution in [2.75, 3.05) is 5.43 Å². The van der Waals surface area contributed by atoms with E-state index in [4.69, 9.17) is 0 Å². The van der Waals surface area contributed by atoms with E-state index in [1.165, 1.54) is 12.1 Å². The van der Waals surface area contributed by atoms with Crippen molar-refractivity contribution < 1.29 is 9.85 Å². The summed E-state index contributed by atoms with van der Waals surface area (Å²) in [5, 5.41) is 25.6. The summed E-state index contributed by atoms with van der Waals surface area (Å²) in [6, 6.07) is 3.37. The zero-order valence-electron chi connectivity index (χ0n) is 12.5. The van der Waals surface area contributed by atoms with E-state index in [1.54, 1.807) is 6.21 Å². The van der Waals surface area contributed by atoms with Crippen molar-refractivity contribution in [3.05, 3.63) is 50.1 Å². The van der Waals surface area contributed by atoms with Gasteiger partial charge >= 0.3 is 5.69 Å². The Bertz CT molecular complexity index is 611. The largest absolute Gasteiger partial charge is 0.301 e. The molecule has 8 heteroatoms. The monoisotopic (exact) mass is 306 g/mol. The Morgan fingerprint density at radius 3 is 2.55 bits per heavy atom. The molecule has 0 saturated carbocycles. The normalized spacial score (nSPS) is 11.6. The number of hydrogen-bond acceptors (Lipinski definition) is 6. The molecule has 22 heavy (non-hydrogen) atoms. The minimum Gasteiger partial charge on any atom is -0.272 e. The molecule has 0 aliphatic rings. The van der Waals surface area contributed by atoms with Gasteiger partial charge in [-0.25, -0.2) is 0 Å². The van der Waals surface area contributed by atoms with Gasteiger partial charge in [-0.05, 0) is 24.5 Å². The van der Waals surface area contributed by atoms with Gasteiger partial charge in [0.15, 0.2) is 0 Å². The fourth-order valence-electron chi connectivity index (χ4n) is 1.68. The van der Waals surface area contributed by atoms with Crippen LogP contribution in [0.3, 0.4) is 0 Å². The summed E-state index contributed by atoms with van der Waals surface area (Å²) in [4.78, 5) is 20.3. The van der Waals surface area contributed by atoms with Crippen molar-refractivity contribution in [1.29, 1.82) is 0 Å². The average Bonchev–Trinajstić information content (AvgIpc) is 2.50. The number of nitrogens with one attached hydrogen (secondary N) is 1. The molecule has 1 aromatic carbocycles. The Morgan fingerprint density at radius 2 is 2.00 bits per heavy atom. The van der Waals surface area contributed by atoms with E-state index in [2.05, 4.69) is 23.5 Å². The zero-order chi connectivity index (χ0) is 16.5. The Kier molecular flexibility index (Phi) is 6.68. The van der Waals surface area contributed by atoms with Gasteiger partial charge in [-0.3, -0.25) is 25.7 Å². The standard InChI is InChI=1S/C14H18N4O4/c1-3-5-6-11(4-2)10-15-16-13-8-7-12(17(19)20)9-14(13)18(21)22/h6-10,16H,3-5H2,1-2H3/b11-6-,15-10+. The maximum Gasteiger partial charge on any atom is 0.301 e. The summed E-state index contributed by atoms with van der Waals surface area (Å²) in [6.45, 7) is 4.06. The van der Waals surface area contributed by atoms with Gasteiger partial charge in [0.25, 0.3) is 5.69 Å². The minimum absolute atomic E-state index is 0.109. The highest BCUT2D eigenvalue weighted by molar-refractivity contribution is 5.79. The van der Waals surface area contributed by atoms with Gasteiger partial charge in [0.05, 0.1) is 22.1 Å². The molecule has 1 aromatic rings. The molecule has 0 aliphatic carbocycles. The molecule has 8 nitrogen and oxygen atoms in total. The SMILES string of the molecule is CCC/C=C(\C=N\Nc1ccc([N+](=O)[O-])cc1[N+](=O)[O-])CC. The van der Waals surface area contributed by atoms with Crippen molar-refractivity contribution in [1.82, 2.24) is 0 Å². The summed E-state index contributed by atoms with van der Waals surface area (Å²) >= 11 is 0. The maximum absolute atomic E-state index is 11.0. The molecule has 0 aliphatic heterocycles. The lowest BCUT2D eigenvalue weighted by atomic mass is 10.2. The summed E-state index contributed by atoms with van der Waals surface area (Å²) < 4.78 is 0. The summed E-state index contributed by atoms with van der Waals surface area (Å²) in [5.41, 5.74) is 2.97. The second-order valence-electron chi connectivity index (χ2n) is 4.51. The van der Waals surface area contributed by atoms with Crippen molar-refractivity contribution in [2.24, 2.45) is 5.10 Å². The number of nitro groups is 2. The average molecular weight is 306 g/mol. The minimum atomic E-state index is -0.682. The molecule has 1 rings (SSSR count). The number of nitro benzene ring substituents is 2. The van der Waals surface area contributed by atoms with Gasteiger partial charge in [-0.1, -0.05) is 26.3 Å². The van der Waals surface area contributed by atoms with Gasteiger partial charge in [0.2, 0.25) is 0 Å². The topological polar surface area (TPSA) is 111 Å². The number of hydrogen-bond donors (Lipinski definition) is 1. The van der Waals surface area contributed by atoms with E-state index in [-0.39, 0.29) is 17.1 Å². The zero-order valence-corrected chi connectivity index (χ0v) is 12.5. The summed E-state index contributed by atoms with van der Waals surface area (Å²) in [7, 11) is 0. The quantitative estimate of drug-likeness (QED) is 0.442. The first-order chi connectivity index (χ1) is 10.5. The van der Waals surface area contributed by atoms with Gasteiger partial charge in [0.1, 0.15) is 5.69 Å². The Balaban J connectivity index is 2.93. The van der Waals surface area contributed by atoms with Crippen LogP contribution in [-0.2, 0) is 0 Å². The van der Waals surface area contributed by atoms with Crippen molar-refractivity contribution in [2.45, 2.75) is 33.1 Å². The molecule has 0 bridgehead atoms. The highest BCUT2D eigenvalue weighted by Gasteiger charge is 2.18. The predicted molar refractivity (Wildman–Crippen MR) is 85.1 cm³/mol. The predicted octanol–water partition coefficient (Wildman–Crippen LogP) is 4.04. The second kappa shape index (κ2) is 8.50. The lowest BCUT2D eigenvalue weighted by molar-refractivity contribution is -0.393. The molecule has 1 N–H and O–H groups in total. The third-order valence-corrected chi connectivity index (χ3v) is 2.91. The Hall–Kier alpha value is -2.77. The van der Waals surface area contributed by atoms with Crippen LogP contribution in [0.25, 0.3) is 0 Å². The van der Waals surface area contributed by atoms with Crippen LogP contribution in [0.5, 0.6) is 0 Å². The highest BCUT2D eigenvalue weighted by atomic mass is 16.6. The van der Waals surface area contributed by atoms with Crippen LogP contribution < -0.4 is 5.43 Å². The van der Waals surface area contributed by atoms with E-state index in [9.17, 15) is 20.2 Å². The first-order valence-electron chi connectivity index (χ1n) is 6.90. The van der Waals surface area contributed by atoms with Gasteiger partial charge in [0, 0.05) is 6.07 Å². The number of nitrogens with zero attached hydrogens (tertiary/aromatic N) is 3. The van der Waals surface area contributed by atoms with E-state index < -0.39 is 9.85 Å². The number of benzene rings is 1. The first kappa shape index (κ1) is 17.3. The van der Waals surface area contributed by atoms with Crippen molar-refractivity contribution >= 4 is 23.3 Å². The molecule has 0 spiro atoms. The lowest BCUT2D eigenvalue weighted by Gasteiger charge is -2.02. The van der Waals surface area contributed by atoms with Crippen LogP contribution in [-0.4, -0.2) is 16.1 Å². The van der Waals surface area contributed by atoms with Crippen LogP contribution in [0.2, 0.25) is 0 Å². The van der Waals surface area contributed by atoms with Crippen molar-refractivity contribution in [3.8, 4) is 0 Å². The fraction of sp³-hybridized carbons (Fsp3) is 0.357. The van der Waals surface area contributed by atoms with E-state index >= 15 is 0 Å². The smallest absolute Gasteiger partial charge is 0.272 e. The van der Waals surface area contributed by atoms with Crippen LogP contribution >= 0.6 is 0 Å². The number of unbranched alkanes of at least 4 members (excludes halogenated alkanes) is 1. The second-order valence-corrected chi connectivity index (χ2v) is 4.51. The molecular formula is C14H18N4O4. The molecular weight excluding hydrogens is 288 g/mol. The molecule has 0 aromatic heterocycles. The third kappa shape index (κ3) is 4.97.